The Labute approximate surface area is 157 Å². The summed E-state index contributed by atoms with van der Waals surface area (Å²) in [5.41, 5.74) is 8.96. The van der Waals surface area contributed by atoms with Crippen LogP contribution >= 0.6 is 0 Å². The lowest BCUT2D eigenvalue weighted by atomic mass is 10.0. The van der Waals surface area contributed by atoms with Crippen molar-refractivity contribution >= 4 is 0 Å². The van der Waals surface area contributed by atoms with Gasteiger partial charge in [-0.05, 0) is 31.8 Å². The number of allylic oxidation sites excluding steroid dienone is 5. The van der Waals surface area contributed by atoms with E-state index in [2.05, 4.69) is 58.2 Å². The van der Waals surface area contributed by atoms with Crippen LogP contribution in [0.25, 0.3) is 0 Å². The van der Waals surface area contributed by atoms with E-state index in [1.54, 1.807) is 0 Å². The second-order valence-corrected chi connectivity index (χ2v) is 7.15. The van der Waals surface area contributed by atoms with E-state index in [0.29, 0.717) is 12.6 Å². The lowest BCUT2D eigenvalue weighted by Gasteiger charge is -2.35. The maximum absolute atomic E-state index is 11.0. The SMILES string of the molecule is C=C(CCCN1C2=CC=CCC=C2N2CC=CCC2CC1O)NCCN. The van der Waals surface area contributed by atoms with Crippen LogP contribution in [0.5, 0.6) is 0 Å². The second-order valence-electron chi connectivity index (χ2n) is 7.15. The van der Waals surface area contributed by atoms with Crippen LogP contribution in [0, 0.1) is 0 Å². The van der Waals surface area contributed by atoms with Crippen LogP contribution in [0.3, 0.4) is 0 Å². The van der Waals surface area contributed by atoms with Crippen molar-refractivity contribution in [2.75, 3.05) is 26.2 Å². The van der Waals surface area contributed by atoms with E-state index in [9.17, 15) is 5.11 Å². The van der Waals surface area contributed by atoms with Gasteiger partial charge in [-0.1, -0.05) is 37.0 Å². The summed E-state index contributed by atoms with van der Waals surface area (Å²) in [5, 5.41) is 14.2. The molecular weight excluding hydrogens is 324 g/mol. The van der Waals surface area contributed by atoms with Crippen LogP contribution in [0.15, 0.2) is 60.1 Å². The molecule has 0 aromatic carbocycles. The molecule has 26 heavy (non-hydrogen) atoms. The van der Waals surface area contributed by atoms with Gasteiger partial charge in [-0.3, -0.25) is 0 Å². The van der Waals surface area contributed by atoms with Gasteiger partial charge in [0.25, 0.3) is 0 Å². The summed E-state index contributed by atoms with van der Waals surface area (Å²) >= 11 is 0. The first-order valence-electron chi connectivity index (χ1n) is 9.76. The summed E-state index contributed by atoms with van der Waals surface area (Å²) < 4.78 is 0. The first-order chi connectivity index (χ1) is 12.7. The molecule has 1 aliphatic carbocycles. The van der Waals surface area contributed by atoms with E-state index in [1.165, 1.54) is 5.70 Å². The second kappa shape index (κ2) is 9.10. The molecule has 3 aliphatic rings. The summed E-state index contributed by atoms with van der Waals surface area (Å²) in [6.07, 6.45) is 17.3. The zero-order valence-corrected chi connectivity index (χ0v) is 15.6. The maximum atomic E-state index is 11.0. The Bertz CT molecular complexity index is 620. The van der Waals surface area contributed by atoms with Gasteiger partial charge in [0.1, 0.15) is 6.23 Å². The van der Waals surface area contributed by atoms with E-state index in [4.69, 9.17) is 5.73 Å². The van der Waals surface area contributed by atoms with Crippen molar-refractivity contribution in [3.63, 3.8) is 0 Å². The highest BCUT2D eigenvalue weighted by Gasteiger charge is 2.34. The maximum Gasteiger partial charge on any atom is 0.128 e. The molecule has 0 saturated carbocycles. The molecule has 0 aromatic heterocycles. The number of nitrogens with one attached hydrogen (secondary N) is 1. The standard InChI is InChI=1S/C21H32N4O/c1-17(23-13-12-22)8-7-15-25-20-11-4-2-3-10-19(20)24-14-6-5-9-18(24)16-21(25)26/h2,4-6,10-11,18,21,23,26H,1,3,7-9,12-16,22H2. The van der Waals surface area contributed by atoms with Gasteiger partial charge in [0.2, 0.25) is 0 Å². The molecule has 142 valence electrons. The fourth-order valence-corrected chi connectivity index (χ4v) is 3.95. The Morgan fingerprint density at radius 3 is 3.04 bits per heavy atom. The largest absolute Gasteiger partial charge is 0.388 e. The molecule has 5 heteroatoms. The van der Waals surface area contributed by atoms with Gasteiger partial charge in [0.15, 0.2) is 0 Å². The number of nitrogens with two attached hydrogens (primary N) is 1. The Morgan fingerprint density at radius 2 is 2.19 bits per heavy atom. The quantitative estimate of drug-likeness (QED) is 0.611. The average molecular weight is 357 g/mol. The highest BCUT2D eigenvalue weighted by atomic mass is 16.3. The molecule has 1 saturated heterocycles. The van der Waals surface area contributed by atoms with Crippen LogP contribution in [-0.4, -0.2) is 53.4 Å². The molecule has 2 heterocycles. The molecule has 2 aliphatic heterocycles. The zero-order chi connectivity index (χ0) is 18.4. The molecule has 0 amide bonds. The summed E-state index contributed by atoms with van der Waals surface area (Å²) in [6.45, 7) is 7.18. The minimum absolute atomic E-state index is 0.369. The van der Waals surface area contributed by atoms with Crippen LogP contribution in [0.4, 0.5) is 0 Å². The first-order valence-corrected chi connectivity index (χ1v) is 9.76. The van der Waals surface area contributed by atoms with Crippen molar-refractivity contribution in [1.29, 1.82) is 0 Å². The smallest absolute Gasteiger partial charge is 0.128 e. The highest BCUT2D eigenvalue weighted by Crippen LogP contribution is 2.34. The zero-order valence-electron chi connectivity index (χ0n) is 15.6. The molecule has 5 nitrogen and oxygen atoms in total. The number of rotatable bonds is 7. The minimum atomic E-state index is -0.456. The fourth-order valence-electron chi connectivity index (χ4n) is 3.95. The van der Waals surface area contributed by atoms with E-state index >= 15 is 0 Å². The van der Waals surface area contributed by atoms with Gasteiger partial charge < -0.3 is 26.0 Å². The third kappa shape index (κ3) is 4.40. The van der Waals surface area contributed by atoms with Crippen LogP contribution < -0.4 is 11.1 Å². The van der Waals surface area contributed by atoms with Gasteiger partial charge in [-0.25, -0.2) is 0 Å². The number of nitrogens with zero attached hydrogens (tertiary/aromatic N) is 2. The van der Waals surface area contributed by atoms with E-state index in [-0.39, 0.29) is 0 Å². The number of aliphatic hydroxyl groups is 1. The van der Waals surface area contributed by atoms with Crippen LogP contribution in [-0.2, 0) is 0 Å². The first kappa shape index (κ1) is 18.8. The van der Waals surface area contributed by atoms with Crippen LogP contribution in [0.1, 0.15) is 32.1 Å². The van der Waals surface area contributed by atoms with Crippen molar-refractivity contribution < 1.29 is 5.11 Å². The Balaban J connectivity index is 1.73. The average Bonchev–Trinajstić information content (AvgIpc) is 2.94. The molecule has 0 spiro atoms. The third-order valence-electron chi connectivity index (χ3n) is 5.28. The van der Waals surface area contributed by atoms with Gasteiger partial charge in [0, 0.05) is 44.3 Å². The topological polar surface area (TPSA) is 64.8 Å². The molecule has 1 fully saturated rings. The molecule has 0 aromatic rings. The molecule has 0 radical (unpaired) electrons. The third-order valence-corrected chi connectivity index (χ3v) is 5.28. The molecule has 2 unspecified atom stereocenters. The van der Waals surface area contributed by atoms with Crippen molar-refractivity contribution in [3.05, 3.63) is 60.1 Å². The summed E-state index contributed by atoms with van der Waals surface area (Å²) in [5.74, 6) is 0. The number of hydrogen-bond donors (Lipinski definition) is 3. The van der Waals surface area contributed by atoms with E-state index < -0.39 is 6.23 Å². The molecular formula is C21H32N4O. The normalized spacial score (nSPS) is 24.8. The van der Waals surface area contributed by atoms with Gasteiger partial charge in [0.05, 0.1) is 11.4 Å². The number of aliphatic hydroxyl groups excluding tert-OH is 1. The predicted molar refractivity (Wildman–Crippen MR) is 107 cm³/mol. The summed E-state index contributed by atoms with van der Waals surface area (Å²) in [6, 6.07) is 0.369. The Kier molecular flexibility index (Phi) is 6.58. The lowest BCUT2D eigenvalue weighted by Crippen LogP contribution is -2.37. The van der Waals surface area contributed by atoms with Gasteiger partial charge >= 0.3 is 0 Å². The fraction of sp³-hybridized carbons (Fsp3) is 0.524. The number of fused-ring (bicyclic) bond motifs is 3. The highest BCUT2D eigenvalue weighted by molar-refractivity contribution is 5.37. The Hall–Kier alpha value is -1.98. The predicted octanol–water partition coefficient (Wildman–Crippen LogP) is 2.21. The molecule has 3 rings (SSSR count). The monoisotopic (exact) mass is 356 g/mol. The number of hydrogen-bond acceptors (Lipinski definition) is 5. The molecule has 2 atom stereocenters. The van der Waals surface area contributed by atoms with Crippen LogP contribution in [0.2, 0.25) is 0 Å². The summed E-state index contributed by atoms with van der Waals surface area (Å²) in [7, 11) is 0. The van der Waals surface area contributed by atoms with Crippen molar-refractivity contribution in [2.45, 2.75) is 44.4 Å². The van der Waals surface area contributed by atoms with E-state index in [1.807, 2.05) is 0 Å². The van der Waals surface area contributed by atoms with Crippen molar-refractivity contribution in [2.24, 2.45) is 5.73 Å². The van der Waals surface area contributed by atoms with E-state index in [0.717, 1.165) is 63.1 Å². The van der Waals surface area contributed by atoms with Gasteiger partial charge in [-0.2, -0.15) is 0 Å². The van der Waals surface area contributed by atoms with Crippen molar-refractivity contribution in [1.82, 2.24) is 15.1 Å². The molecule has 0 bridgehead atoms. The summed E-state index contributed by atoms with van der Waals surface area (Å²) in [4.78, 5) is 4.64. The lowest BCUT2D eigenvalue weighted by molar-refractivity contribution is 0.0180. The molecule has 4 N–H and O–H groups in total. The van der Waals surface area contributed by atoms with Crippen molar-refractivity contribution in [3.8, 4) is 0 Å². The van der Waals surface area contributed by atoms with Gasteiger partial charge in [-0.15, -0.1) is 0 Å². The minimum Gasteiger partial charge on any atom is -0.388 e. The Morgan fingerprint density at radius 1 is 1.31 bits per heavy atom.